The van der Waals surface area contributed by atoms with Gasteiger partial charge in [0.15, 0.2) is 5.96 Å². The lowest BCUT2D eigenvalue weighted by molar-refractivity contribution is -0.0721. The van der Waals surface area contributed by atoms with Crippen LogP contribution in [0.4, 0.5) is 0 Å². The Morgan fingerprint density at radius 1 is 1.28 bits per heavy atom. The van der Waals surface area contributed by atoms with Crippen molar-refractivity contribution in [3.8, 4) is 0 Å². The van der Waals surface area contributed by atoms with Crippen molar-refractivity contribution in [2.75, 3.05) is 32.8 Å². The van der Waals surface area contributed by atoms with E-state index in [4.69, 9.17) is 26.1 Å². The third-order valence-electron chi connectivity index (χ3n) is 6.22. The molecule has 29 heavy (non-hydrogen) atoms. The van der Waals surface area contributed by atoms with Gasteiger partial charge in [-0.1, -0.05) is 23.7 Å². The molecule has 3 unspecified atom stereocenters. The maximum absolute atomic E-state index is 6.17. The maximum Gasteiger partial charge on any atom is 0.194 e. The predicted octanol–water partition coefficient (Wildman–Crippen LogP) is 4.21. The van der Waals surface area contributed by atoms with E-state index in [1.807, 2.05) is 12.1 Å². The van der Waals surface area contributed by atoms with Gasteiger partial charge < -0.3 is 19.7 Å². The minimum Gasteiger partial charge on any atom is -0.376 e. The van der Waals surface area contributed by atoms with Crippen LogP contribution in [0, 0.1) is 0 Å². The van der Waals surface area contributed by atoms with Crippen molar-refractivity contribution >= 4 is 17.6 Å². The van der Waals surface area contributed by atoms with Crippen LogP contribution in [0.15, 0.2) is 29.3 Å². The van der Waals surface area contributed by atoms with Crippen molar-refractivity contribution in [2.45, 2.75) is 69.6 Å². The number of aliphatic imine (C=N–C) groups is 1. The average molecular weight is 420 g/mol. The normalized spacial score (nSPS) is 28.4. The van der Waals surface area contributed by atoms with Gasteiger partial charge in [0.2, 0.25) is 0 Å². The molecular formula is C23H34ClN3O2. The number of hydrogen-bond donors (Lipinski definition) is 1. The average Bonchev–Trinajstić information content (AvgIpc) is 3.52. The van der Waals surface area contributed by atoms with E-state index in [2.05, 4.69) is 29.3 Å². The standard InChI is InChI=1S/C23H34ClN3O2/c1-2-25-23(26-22-15-21(22)17-6-5-7-18(24)14-17)27-11-9-19(10-12-27)29-16-20-8-3-4-13-28-20/h5-7,14,19-22H,2-4,8-13,15-16H2,1H3,(H,25,26). The number of nitrogens with one attached hydrogen (secondary N) is 1. The Labute approximate surface area is 179 Å². The molecule has 3 aliphatic rings. The van der Waals surface area contributed by atoms with Crippen molar-refractivity contribution < 1.29 is 9.47 Å². The first kappa shape index (κ1) is 21.0. The van der Waals surface area contributed by atoms with Gasteiger partial charge in [-0.05, 0) is 63.1 Å². The van der Waals surface area contributed by atoms with Crippen LogP contribution in [-0.2, 0) is 9.47 Å². The molecule has 4 rings (SSSR count). The van der Waals surface area contributed by atoms with Crippen molar-refractivity contribution in [2.24, 2.45) is 4.99 Å². The fourth-order valence-corrected chi connectivity index (χ4v) is 4.63. The quantitative estimate of drug-likeness (QED) is 0.554. The Kier molecular flexibility index (Phi) is 7.33. The summed E-state index contributed by atoms with van der Waals surface area (Å²) in [6, 6.07) is 8.69. The van der Waals surface area contributed by atoms with E-state index < -0.39 is 0 Å². The van der Waals surface area contributed by atoms with Gasteiger partial charge >= 0.3 is 0 Å². The van der Waals surface area contributed by atoms with Crippen LogP contribution < -0.4 is 5.32 Å². The zero-order valence-corrected chi connectivity index (χ0v) is 18.2. The maximum atomic E-state index is 6.17. The third-order valence-corrected chi connectivity index (χ3v) is 6.46. The summed E-state index contributed by atoms with van der Waals surface area (Å²) >= 11 is 6.16. The van der Waals surface area contributed by atoms with Crippen LogP contribution >= 0.6 is 11.6 Å². The summed E-state index contributed by atoms with van der Waals surface area (Å²) in [6.45, 7) is 6.54. The topological polar surface area (TPSA) is 46.1 Å². The molecule has 0 amide bonds. The Morgan fingerprint density at radius 2 is 2.14 bits per heavy atom. The number of nitrogens with zero attached hydrogens (tertiary/aromatic N) is 2. The Hall–Kier alpha value is -1.30. The Bertz CT molecular complexity index is 684. The number of ether oxygens (including phenoxy) is 2. The summed E-state index contributed by atoms with van der Waals surface area (Å²) in [7, 11) is 0. The highest BCUT2D eigenvalue weighted by Crippen LogP contribution is 2.41. The van der Waals surface area contributed by atoms with Crippen molar-refractivity contribution in [3.05, 3.63) is 34.9 Å². The second-order valence-corrected chi connectivity index (χ2v) is 8.89. The minimum absolute atomic E-state index is 0.305. The van der Waals surface area contributed by atoms with Gasteiger partial charge in [-0.2, -0.15) is 0 Å². The summed E-state index contributed by atoms with van der Waals surface area (Å²) in [4.78, 5) is 7.16. The summed E-state index contributed by atoms with van der Waals surface area (Å²) in [5.74, 6) is 1.59. The lowest BCUT2D eigenvalue weighted by Crippen LogP contribution is -2.48. The molecule has 5 nitrogen and oxygen atoms in total. The van der Waals surface area contributed by atoms with Crippen molar-refractivity contribution in [1.82, 2.24) is 10.2 Å². The second-order valence-electron chi connectivity index (χ2n) is 8.45. The lowest BCUT2D eigenvalue weighted by atomic mass is 10.1. The monoisotopic (exact) mass is 419 g/mol. The number of rotatable bonds is 6. The van der Waals surface area contributed by atoms with Gasteiger partial charge in [-0.15, -0.1) is 0 Å². The van der Waals surface area contributed by atoms with E-state index in [1.165, 1.54) is 18.4 Å². The van der Waals surface area contributed by atoms with Crippen molar-refractivity contribution in [1.29, 1.82) is 0 Å². The van der Waals surface area contributed by atoms with Crippen LogP contribution in [0.5, 0.6) is 0 Å². The molecule has 3 atom stereocenters. The zero-order valence-electron chi connectivity index (χ0n) is 17.5. The van der Waals surface area contributed by atoms with Gasteiger partial charge in [0, 0.05) is 43.2 Å². The highest BCUT2D eigenvalue weighted by atomic mass is 35.5. The summed E-state index contributed by atoms with van der Waals surface area (Å²) in [5.41, 5.74) is 1.32. The molecule has 0 bridgehead atoms. The molecule has 1 aromatic rings. The van der Waals surface area contributed by atoms with E-state index in [0.29, 0.717) is 24.2 Å². The molecule has 1 aromatic carbocycles. The van der Waals surface area contributed by atoms with E-state index in [-0.39, 0.29) is 0 Å². The molecule has 3 fully saturated rings. The van der Waals surface area contributed by atoms with Crippen LogP contribution in [0.25, 0.3) is 0 Å². The molecule has 6 heteroatoms. The van der Waals surface area contributed by atoms with Crippen LogP contribution in [-0.4, -0.2) is 62.0 Å². The van der Waals surface area contributed by atoms with Gasteiger partial charge in [0.25, 0.3) is 0 Å². The molecule has 1 saturated carbocycles. The molecule has 1 aliphatic carbocycles. The van der Waals surface area contributed by atoms with E-state index in [1.54, 1.807) is 0 Å². The number of benzene rings is 1. The molecular weight excluding hydrogens is 386 g/mol. The molecule has 1 N–H and O–H groups in total. The van der Waals surface area contributed by atoms with Gasteiger partial charge in [-0.3, -0.25) is 4.99 Å². The molecule has 0 spiro atoms. The lowest BCUT2D eigenvalue weighted by Gasteiger charge is -2.35. The summed E-state index contributed by atoms with van der Waals surface area (Å²) < 4.78 is 12.0. The fourth-order valence-electron chi connectivity index (χ4n) is 4.43. The van der Waals surface area contributed by atoms with Gasteiger partial charge in [0.05, 0.1) is 18.8 Å². The highest BCUT2D eigenvalue weighted by molar-refractivity contribution is 6.30. The largest absolute Gasteiger partial charge is 0.376 e. The van der Waals surface area contributed by atoms with E-state index >= 15 is 0 Å². The molecule has 0 radical (unpaired) electrons. The predicted molar refractivity (Wildman–Crippen MR) is 118 cm³/mol. The minimum atomic E-state index is 0.305. The number of hydrogen-bond acceptors (Lipinski definition) is 3. The number of halogens is 1. The molecule has 0 aromatic heterocycles. The first-order valence-electron chi connectivity index (χ1n) is 11.3. The Morgan fingerprint density at radius 3 is 2.86 bits per heavy atom. The first-order chi connectivity index (χ1) is 14.2. The first-order valence-corrected chi connectivity index (χ1v) is 11.7. The Balaban J connectivity index is 1.23. The van der Waals surface area contributed by atoms with E-state index in [0.717, 1.165) is 69.5 Å². The van der Waals surface area contributed by atoms with Crippen molar-refractivity contribution in [3.63, 3.8) is 0 Å². The highest BCUT2D eigenvalue weighted by Gasteiger charge is 2.40. The number of guanidine groups is 1. The van der Waals surface area contributed by atoms with Gasteiger partial charge in [0.1, 0.15) is 0 Å². The van der Waals surface area contributed by atoms with Crippen LogP contribution in [0.3, 0.4) is 0 Å². The smallest absolute Gasteiger partial charge is 0.194 e. The molecule has 160 valence electrons. The van der Waals surface area contributed by atoms with Gasteiger partial charge in [-0.25, -0.2) is 0 Å². The third kappa shape index (κ3) is 5.87. The summed E-state index contributed by atoms with van der Waals surface area (Å²) in [5, 5.41) is 4.52. The van der Waals surface area contributed by atoms with Crippen LogP contribution in [0.2, 0.25) is 5.02 Å². The SMILES string of the molecule is CCN=C(NC1CC1c1cccc(Cl)c1)N1CCC(OCC2CCCCO2)CC1. The number of likely N-dealkylation sites (tertiary alicyclic amines) is 1. The van der Waals surface area contributed by atoms with E-state index in [9.17, 15) is 0 Å². The van der Waals surface area contributed by atoms with Crippen LogP contribution in [0.1, 0.15) is 56.9 Å². The molecule has 2 aliphatic heterocycles. The number of piperidine rings is 1. The zero-order chi connectivity index (χ0) is 20.1. The second kappa shape index (κ2) is 10.1. The molecule has 2 saturated heterocycles. The fraction of sp³-hybridized carbons (Fsp3) is 0.696. The molecule has 2 heterocycles. The summed E-state index contributed by atoms with van der Waals surface area (Å²) in [6.07, 6.45) is 7.51.